The van der Waals surface area contributed by atoms with Gasteiger partial charge in [0.1, 0.15) is 0 Å². The highest BCUT2D eigenvalue weighted by Gasteiger charge is 2.19. The molecular weight excluding hydrogens is 348 g/mol. The molecule has 1 heterocycles. The molecule has 0 unspecified atom stereocenters. The van der Waals surface area contributed by atoms with Gasteiger partial charge in [0.25, 0.3) is 0 Å². The van der Waals surface area contributed by atoms with Gasteiger partial charge in [-0.3, -0.25) is 0 Å². The summed E-state index contributed by atoms with van der Waals surface area (Å²) in [5, 5.41) is 5.34. The lowest BCUT2D eigenvalue weighted by Gasteiger charge is -2.06. The summed E-state index contributed by atoms with van der Waals surface area (Å²) >= 11 is 4.90. The van der Waals surface area contributed by atoms with Crippen LogP contribution in [0.2, 0.25) is 0 Å². The first-order chi connectivity index (χ1) is 9.05. The van der Waals surface area contributed by atoms with Crippen LogP contribution in [0.25, 0.3) is 0 Å². The quantitative estimate of drug-likeness (QED) is 0.660. The SMILES string of the molecule is O=S(=O)(CCCCNC1CC1)NCc1cc(Br)cs1. The molecule has 0 bridgehead atoms. The third-order valence-corrected chi connectivity index (χ3v) is 6.05. The minimum atomic E-state index is -3.14. The van der Waals surface area contributed by atoms with Crippen LogP contribution in [0.3, 0.4) is 0 Å². The molecule has 0 radical (unpaired) electrons. The van der Waals surface area contributed by atoms with E-state index in [0.717, 1.165) is 22.3 Å². The van der Waals surface area contributed by atoms with Gasteiger partial charge >= 0.3 is 0 Å². The molecule has 0 spiro atoms. The van der Waals surface area contributed by atoms with Crippen LogP contribution in [0.1, 0.15) is 30.6 Å². The fraction of sp³-hybridized carbons (Fsp3) is 0.667. The third kappa shape index (κ3) is 6.35. The summed E-state index contributed by atoms with van der Waals surface area (Å²) in [5.74, 6) is 0.214. The van der Waals surface area contributed by atoms with Crippen molar-refractivity contribution in [2.24, 2.45) is 0 Å². The van der Waals surface area contributed by atoms with Crippen LogP contribution in [0.4, 0.5) is 0 Å². The van der Waals surface area contributed by atoms with Crippen molar-refractivity contribution in [2.75, 3.05) is 12.3 Å². The summed E-state index contributed by atoms with van der Waals surface area (Å²) in [5.41, 5.74) is 0. The molecule has 19 heavy (non-hydrogen) atoms. The predicted octanol–water partition coefficient (Wildman–Crippen LogP) is 2.46. The lowest BCUT2D eigenvalue weighted by molar-refractivity contribution is 0.573. The molecule has 0 aromatic carbocycles. The molecule has 2 rings (SSSR count). The van der Waals surface area contributed by atoms with Gasteiger partial charge in [0.05, 0.1) is 5.75 Å². The zero-order valence-corrected chi connectivity index (χ0v) is 13.9. The summed E-state index contributed by atoms with van der Waals surface area (Å²) in [7, 11) is -3.14. The van der Waals surface area contributed by atoms with Gasteiger partial charge < -0.3 is 5.32 Å². The van der Waals surface area contributed by atoms with Crippen molar-refractivity contribution < 1.29 is 8.42 Å². The zero-order chi connectivity index (χ0) is 13.7. The monoisotopic (exact) mass is 366 g/mol. The molecule has 0 saturated heterocycles. The maximum Gasteiger partial charge on any atom is 0.211 e. The lowest BCUT2D eigenvalue weighted by Crippen LogP contribution is -2.26. The van der Waals surface area contributed by atoms with Crippen molar-refractivity contribution in [1.82, 2.24) is 10.0 Å². The Kier molecular flexibility index (Phi) is 5.83. The number of hydrogen-bond acceptors (Lipinski definition) is 4. The summed E-state index contributed by atoms with van der Waals surface area (Å²) < 4.78 is 27.2. The fourth-order valence-electron chi connectivity index (χ4n) is 1.71. The highest BCUT2D eigenvalue weighted by Crippen LogP contribution is 2.20. The van der Waals surface area contributed by atoms with Crippen LogP contribution in [0.5, 0.6) is 0 Å². The summed E-state index contributed by atoms with van der Waals surface area (Å²) in [4.78, 5) is 1.02. The van der Waals surface area contributed by atoms with Crippen molar-refractivity contribution >= 4 is 37.3 Å². The molecule has 0 atom stereocenters. The van der Waals surface area contributed by atoms with E-state index in [2.05, 4.69) is 26.0 Å². The standard InChI is InChI=1S/C12H19BrN2O2S2/c13-10-7-12(18-9-10)8-15-19(16,17)6-2-1-5-14-11-3-4-11/h7,9,11,14-15H,1-6,8H2. The van der Waals surface area contributed by atoms with Gasteiger partial charge in [-0.25, -0.2) is 13.1 Å². The molecule has 108 valence electrons. The molecule has 1 aromatic heterocycles. The maximum absolute atomic E-state index is 11.8. The average molecular weight is 367 g/mol. The van der Waals surface area contributed by atoms with Crippen molar-refractivity contribution in [3.05, 3.63) is 20.8 Å². The van der Waals surface area contributed by atoms with E-state index in [4.69, 9.17) is 0 Å². The second-order valence-electron chi connectivity index (χ2n) is 4.81. The first-order valence-electron chi connectivity index (χ1n) is 6.49. The molecule has 1 aliphatic carbocycles. The molecule has 2 N–H and O–H groups in total. The minimum absolute atomic E-state index is 0.214. The molecular formula is C12H19BrN2O2S2. The zero-order valence-electron chi connectivity index (χ0n) is 10.7. The van der Waals surface area contributed by atoms with E-state index in [1.807, 2.05) is 11.4 Å². The van der Waals surface area contributed by atoms with E-state index >= 15 is 0 Å². The Morgan fingerprint density at radius 1 is 1.37 bits per heavy atom. The molecule has 0 aliphatic heterocycles. The van der Waals surface area contributed by atoms with E-state index in [1.54, 1.807) is 11.3 Å². The number of unbranched alkanes of at least 4 members (excludes halogenated alkanes) is 1. The van der Waals surface area contributed by atoms with Gasteiger partial charge in [0.15, 0.2) is 0 Å². The second-order valence-corrected chi connectivity index (χ2v) is 8.64. The third-order valence-electron chi connectivity index (χ3n) is 2.94. The first kappa shape index (κ1) is 15.4. The van der Waals surface area contributed by atoms with Crippen LogP contribution in [0.15, 0.2) is 15.9 Å². The number of hydrogen-bond donors (Lipinski definition) is 2. The first-order valence-corrected chi connectivity index (χ1v) is 9.81. The van der Waals surface area contributed by atoms with Crippen LogP contribution < -0.4 is 10.0 Å². The predicted molar refractivity (Wildman–Crippen MR) is 82.9 cm³/mol. The van der Waals surface area contributed by atoms with E-state index in [0.29, 0.717) is 19.0 Å². The largest absolute Gasteiger partial charge is 0.314 e. The van der Waals surface area contributed by atoms with E-state index < -0.39 is 10.0 Å². The van der Waals surface area contributed by atoms with Crippen molar-refractivity contribution in [3.63, 3.8) is 0 Å². The number of thiophene rings is 1. The molecule has 1 aromatic rings. The van der Waals surface area contributed by atoms with Crippen molar-refractivity contribution in [2.45, 2.75) is 38.3 Å². The fourth-order valence-corrected chi connectivity index (χ4v) is 4.30. The molecule has 7 heteroatoms. The Morgan fingerprint density at radius 2 is 2.16 bits per heavy atom. The van der Waals surface area contributed by atoms with Gasteiger partial charge in [0, 0.05) is 27.3 Å². The van der Waals surface area contributed by atoms with Gasteiger partial charge in [-0.15, -0.1) is 11.3 Å². The van der Waals surface area contributed by atoms with Crippen LogP contribution in [-0.2, 0) is 16.6 Å². The second kappa shape index (κ2) is 7.17. The van der Waals surface area contributed by atoms with Crippen LogP contribution in [-0.4, -0.2) is 26.8 Å². The van der Waals surface area contributed by atoms with Gasteiger partial charge in [-0.2, -0.15) is 0 Å². The van der Waals surface area contributed by atoms with Crippen LogP contribution in [0, 0.1) is 0 Å². The molecule has 1 aliphatic rings. The van der Waals surface area contributed by atoms with Crippen molar-refractivity contribution in [3.8, 4) is 0 Å². The molecule has 1 saturated carbocycles. The van der Waals surface area contributed by atoms with Gasteiger partial charge in [0.2, 0.25) is 10.0 Å². The number of nitrogens with one attached hydrogen (secondary N) is 2. The number of sulfonamides is 1. The normalized spacial score (nSPS) is 15.8. The Hall–Kier alpha value is 0.0500. The smallest absolute Gasteiger partial charge is 0.211 e. The Balaban J connectivity index is 1.60. The van der Waals surface area contributed by atoms with E-state index in [1.165, 1.54) is 12.8 Å². The summed E-state index contributed by atoms with van der Waals surface area (Å²) in [6.07, 6.45) is 4.18. The van der Waals surface area contributed by atoms with E-state index in [-0.39, 0.29) is 5.75 Å². The Labute approximate surface area is 127 Å². The number of rotatable bonds is 9. The number of halogens is 1. The maximum atomic E-state index is 11.8. The molecule has 4 nitrogen and oxygen atoms in total. The Morgan fingerprint density at radius 3 is 2.79 bits per heavy atom. The lowest BCUT2D eigenvalue weighted by atomic mass is 10.3. The van der Waals surface area contributed by atoms with Gasteiger partial charge in [-0.1, -0.05) is 0 Å². The summed E-state index contributed by atoms with van der Waals surface area (Å²) in [6.45, 7) is 1.32. The Bertz CT molecular complexity index is 498. The van der Waals surface area contributed by atoms with Crippen molar-refractivity contribution in [1.29, 1.82) is 0 Å². The molecule has 1 fully saturated rings. The molecule has 0 amide bonds. The minimum Gasteiger partial charge on any atom is -0.314 e. The summed E-state index contributed by atoms with van der Waals surface area (Å²) in [6, 6.07) is 2.64. The van der Waals surface area contributed by atoms with E-state index in [9.17, 15) is 8.42 Å². The highest BCUT2D eigenvalue weighted by molar-refractivity contribution is 9.10. The van der Waals surface area contributed by atoms with Gasteiger partial charge in [-0.05, 0) is 54.2 Å². The van der Waals surface area contributed by atoms with Crippen LogP contribution >= 0.6 is 27.3 Å². The average Bonchev–Trinajstić information content (AvgIpc) is 3.08. The highest BCUT2D eigenvalue weighted by atomic mass is 79.9. The topological polar surface area (TPSA) is 58.2 Å².